The predicted molar refractivity (Wildman–Crippen MR) is 46.3 cm³/mol. The molecule has 0 radical (unpaired) electrons. The Morgan fingerprint density at radius 2 is 2.45 bits per heavy atom. The lowest BCUT2D eigenvalue weighted by molar-refractivity contribution is 0.621. The van der Waals surface area contributed by atoms with Crippen molar-refractivity contribution in [3.8, 4) is 0 Å². The molecule has 11 heavy (non-hydrogen) atoms. The average Bonchev–Trinajstić information content (AvgIpc) is 1.85. The van der Waals surface area contributed by atoms with Gasteiger partial charge in [0.15, 0.2) is 0 Å². The fourth-order valence-corrected chi connectivity index (χ4v) is 1.18. The molecule has 0 aromatic carbocycles. The number of alkyl halides is 1. The standard InChI is InChI=1S/C8H9BrFN/c1-6(9)4-8-5-7(10)2-3-11-8/h2-3,5-6H,4H2,1H3. The Kier molecular flexibility index (Phi) is 3.00. The van der Waals surface area contributed by atoms with Crippen molar-refractivity contribution in [2.24, 2.45) is 0 Å². The van der Waals surface area contributed by atoms with Gasteiger partial charge in [0.05, 0.1) is 0 Å². The Bertz CT molecular complexity index is 237. The summed E-state index contributed by atoms with van der Waals surface area (Å²) in [6, 6.07) is 2.81. The molecule has 1 atom stereocenters. The largest absolute Gasteiger partial charge is 0.261 e. The first kappa shape index (κ1) is 8.65. The van der Waals surface area contributed by atoms with E-state index in [-0.39, 0.29) is 5.82 Å². The lowest BCUT2D eigenvalue weighted by atomic mass is 10.2. The van der Waals surface area contributed by atoms with Gasteiger partial charge >= 0.3 is 0 Å². The maximum absolute atomic E-state index is 12.6. The highest BCUT2D eigenvalue weighted by Gasteiger charge is 2.00. The minimum atomic E-state index is -0.219. The summed E-state index contributed by atoms with van der Waals surface area (Å²) in [5.74, 6) is -0.219. The van der Waals surface area contributed by atoms with E-state index in [1.165, 1.54) is 18.3 Å². The number of aromatic nitrogens is 1. The second kappa shape index (κ2) is 3.81. The van der Waals surface area contributed by atoms with E-state index in [1.54, 1.807) is 0 Å². The van der Waals surface area contributed by atoms with Crippen LogP contribution in [0.15, 0.2) is 18.3 Å². The number of pyridine rings is 1. The van der Waals surface area contributed by atoms with Gasteiger partial charge in [0, 0.05) is 23.1 Å². The van der Waals surface area contributed by atoms with Gasteiger partial charge in [-0.05, 0) is 12.1 Å². The Balaban J connectivity index is 2.71. The lowest BCUT2D eigenvalue weighted by Gasteiger charge is -2.00. The average molecular weight is 218 g/mol. The van der Waals surface area contributed by atoms with Gasteiger partial charge in [-0.25, -0.2) is 4.39 Å². The Labute approximate surface area is 73.8 Å². The van der Waals surface area contributed by atoms with Crippen LogP contribution in [0.1, 0.15) is 12.6 Å². The normalized spacial score (nSPS) is 13.0. The Hall–Kier alpha value is -0.440. The zero-order valence-corrected chi connectivity index (χ0v) is 7.81. The molecule has 0 saturated carbocycles. The number of hydrogen-bond acceptors (Lipinski definition) is 1. The van der Waals surface area contributed by atoms with Gasteiger partial charge in [0.1, 0.15) is 5.82 Å². The molecular formula is C8H9BrFN. The summed E-state index contributed by atoms with van der Waals surface area (Å²) in [5, 5.41) is 0. The predicted octanol–water partition coefficient (Wildman–Crippen LogP) is 2.55. The molecule has 0 fully saturated rings. The van der Waals surface area contributed by atoms with E-state index in [1.807, 2.05) is 6.92 Å². The maximum Gasteiger partial charge on any atom is 0.126 e. The van der Waals surface area contributed by atoms with Crippen LogP contribution in [-0.2, 0) is 6.42 Å². The smallest absolute Gasteiger partial charge is 0.126 e. The lowest BCUT2D eigenvalue weighted by Crippen LogP contribution is -1.99. The molecule has 1 nitrogen and oxygen atoms in total. The van der Waals surface area contributed by atoms with Crippen LogP contribution in [0.4, 0.5) is 4.39 Å². The number of rotatable bonds is 2. The van der Waals surface area contributed by atoms with Crippen LogP contribution in [0.5, 0.6) is 0 Å². The molecular weight excluding hydrogens is 209 g/mol. The van der Waals surface area contributed by atoms with Crippen molar-refractivity contribution in [2.45, 2.75) is 18.2 Å². The first-order valence-electron chi connectivity index (χ1n) is 3.43. The molecule has 1 aromatic rings. The molecule has 0 amide bonds. The molecule has 0 aliphatic carbocycles. The van der Waals surface area contributed by atoms with E-state index in [0.29, 0.717) is 4.83 Å². The van der Waals surface area contributed by atoms with Crippen LogP contribution >= 0.6 is 15.9 Å². The molecule has 0 aliphatic heterocycles. The van der Waals surface area contributed by atoms with Crippen molar-refractivity contribution in [1.82, 2.24) is 4.98 Å². The summed E-state index contributed by atoms with van der Waals surface area (Å²) in [6.07, 6.45) is 2.25. The summed E-state index contributed by atoms with van der Waals surface area (Å²) < 4.78 is 12.6. The molecule has 0 spiro atoms. The first-order valence-corrected chi connectivity index (χ1v) is 4.34. The fraction of sp³-hybridized carbons (Fsp3) is 0.375. The SMILES string of the molecule is CC(Br)Cc1cc(F)ccn1. The molecule has 0 bridgehead atoms. The zero-order valence-electron chi connectivity index (χ0n) is 6.22. The summed E-state index contributed by atoms with van der Waals surface area (Å²) in [6.45, 7) is 2.01. The van der Waals surface area contributed by atoms with Crippen LogP contribution in [0, 0.1) is 5.82 Å². The topological polar surface area (TPSA) is 12.9 Å². The maximum atomic E-state index is 12.6. The summed E-state index contributed by atoms with van der Waals surface area (Å²) >= 11 is 3.37. The summed E-state index contributed by atoms with van der Waals surface area (Å²) in [7, 11) is 0. The van der Waals surface area contributed by atoms with Gasteiger partial charge in [-0.1, -0.05) is 22.9 Å². The van der Waals surface area contributed by atoms with Crippen LogP contribution in [0.25, 0.3) is 0 Å². The quantitative estimate of drug-likeness (QED) is 0.695. The Morgan fingerprint density at radius 1 is 1.73 bits per heavy atom. The highest BCUT2D eigenvalue weighted by molar-refractivity contribution is 9.09. The van der Waals surface area contributed by atoms with Crippen LogP contribution in [0.2, 0.25) is 0 Å². The third kappa shape index (κ3) is 2.97. The zero-order chi connectivity index (χ0) is 8.27. The number of nitrogens with zero attached hydrogens (tertiary/aromatic N) is 1. The van der Waals surface area contributed by atoms with Crippen molar-refractivity contribution in [1.29, 1.82) is 0 Å². The van der Waals surface area contributed by atoms with Crippen molar-refractivity contribution in [3.05, 3.63) is 29.8 Å². The Morgan fingerprint density at radius 3 is 3.00 bits per heavy atom. The number of halogens is 2. The van der Waals surface area contributed by atoms with E-state index in [9.17, 15) is 4.39 Å². The van der Waals surface area contributed by atoms with Crippen molar-refractivity contribution in [2.75, 3.05) is 0 Å². The highest BCUT2D eigenvalue weighted by Crippen LogP contribution is 2.07. The van der Waals surface area contributed by atoms with E-state index in [0.717, 1.165) is 12.1 Å². The fourth-order valence-electron chi connectivity index (χ4n) is 0.849. The molecule has 1 rings (SSSR count). The van der Waals surface area contributed by atoms with E-state index in [2.05, 4.69) is 20.9 Å². The molecule has 0 N–H and O–H groups in total. The second-order valence-electron chi connectivity index (χ2n) is 2.45. The van der Waals surface area contributed by atoms with E-state index in [4.69, 9.17) is 0 Å². The number of hydrogen-bond donors (Lipinski definition) is 0. The van der Waals surface area contributed by atoms with Crippen molar-refractivity contribution < 1.29 is 4.39 Å². The highest BCUT2D eigenvalue weighted by atomic mass is 79.9. The van der Waals surface area contributed by atoms with Gasteiger partial charge in [0.25, 0.3) is 0 Å². The molecule has 3 heteroatoms. The minimum absolute atomic E-state index is 0.219. The van der Waals surface area contributed by atoms with Crippen LogP contribution in [0.3, 0.4) is 0 Å². The third-order valence-electron chi connectivity index (χ3n) is 1.27. The summed E-state index contributed by atoms with van der Waals surface area (Å²) in [5.41, 5.74) is 0.786. The monoisotopic (exact) mass is 217 g/mol. The van der Waals surface area contributed by atoms with Gasteiger partial charge < -0.3 is 0 Å². The minimum Gasteiger partial charge on any atom is -0.261 e. The molecule has 0 aliphatic rings. The molecule has 1 heterocycles. The van der Waals surface area contributed by atoms with Crippen molar-refractivity contribution in [3.63, 3.8) is 0 Å². The molecule has 1 aromatic heterocycles. The molecule has 60 valence electrons. The van der Waals surface area contributed by atoms with Crippen molar-refractivity contribution >= 4 is 15.9 Å². The first-order chi connectivity index (χ1) is 5.18. The van der Waals surface area contributed by atoms with Crippen LogP contribution < -0.4 is 0 Å². The second-order valence-corrected chi connectivity index (χ2v) is 4.01. The van der Waals surface area contributed by atoms with Gasteiger partial charge in [-0.3, -0.25) is 4.98 Å². The van der Waals surface area contributed by atoms with Gasteiger partial charge in [-0.2, -0.15) is 0 Å². The van der Waals surface area contributed by atoms with Gasteiger partial charge in [0.2, 0.25) is 0 Å². The summed E-state index contributed by atoms with van der Waals surface area (Å²) in [4.78, 5) is 4.35. The van der Waals surface area contributed by atoms with E-state index < -0.39 is 0 Å². The third-order valence-corrected chi connectivity index (χ3v) is 1.59. The van der Waals surface area contributed by atoms with E-state index >= 15 is 0 Å². The molecule has 1 unspecified atom stereocenters. The van der Waals surface area contributed by atoms with Gasteiger partial charge in [-0.15, -0.1) is 0 Å². The van der Waals surface area contributed by atoms with Crippen LogP contribution in [-0.4, -0.2) is 9.81 Å². The molecule has 0 saturated heterocycles.